The number of nitrogens with zero attached hydrogens (tertiary/aromatic N) is 4. The first kappa shape index (κ1) is 23.4. The molecule has 2 aromatic carbocycles. The van der Waals surface area contributed by atoms with Gasteiger partial charge in [0.15, 0.2) is 5.16 Å². The molecule has 1 fully saturated rings. The van der Waals surface area contributed by atoms with Crippen LogP contribution in [0.5, 0.6) is 5.75 Å². The van der Waals surface area contributed by atoms with Gasteiger partial charge in [0.05, 0.1) is 37.8 Å². The minimum absolute atomic E-state index is 0.178. The Morgan fingerprint density at radius 3 is 2.70 bits per heavy atom. The number of methoxy groups -OCH3 is 1. The Kier molecular flexibility index (Phi) is 7.74. The van der Waals surface area contributed by atoms with Gasteiger partial charge in [0.2, 0.25) is 11.9 Å². The molecule has 1 amide bonds. The Morgan fingerprint density at radius 2 is 1.97 bits per heavy atom. The molecule has 4 rings (SSSR count). The second-order valence-electron chi connectivity index (χ2n) is 7.55. The van der Waals surface area contributed by atoms with Crippen molar-refractivity contribution in [3.05, 3.63) is 59.1 Å². The van der Waals surface area contributed by atoms with Gasteiger partial charge < -0.3 is 19.7 Å². The third kappa shape index (κ3) is 5.79. The zero-order valence-corrected chi connectivity index (χ0v) is 20.1. The van der Waals surface area contributed by atoms with Crippen LogP contribution < -0.4 is 15.0 Å². The lowest BCUT2D eigenvalue weighted by molar-refractivity contribution is -0.115. The predicted molar refractivity (Wildman–Crippen MR) is 131 cm³/mol. The fourth-order valence-corrected chi connectivity index (χ4v) is 4.51. The number of carbonyl (C=O) groups excluding carboxylic acids is 1. The highest BCUT2D eigenvalue weighted by atomic mass is 35.5. The first-order valence-corrected chi connectivity index (χ1v) is 11.9. The highest BCUT2D eigenvalue weighted by Gasteiger charge is 2.24. The maximum absolute atomic E-state index is 13.0. The molecule has 1 aliphatic rings. The Morgan fingerprint density at radius 1 is 1.21 bits per heavy atom. The molecule has 1 atom stereocenters. The van der Waals surface area contributed by atoms with Crippen molar-refractivity contribution in [3.63, 3.8) is 0 Å². The summed E-state index contributed by atoms with van der Waals surface area (Å²) in [5.74, 6) is 1.16. The van der Waals surface area contributed by atoms with Crippen molar-refractivity contribution in [3.8, 4) is 5.75 Å². The van der Waals surface area contributed by atoms with Crippen LogP contribution in [0.2, 0.25) is 5.02 Å². The molecular formula is C23H26ClN5O3S. The monoisotopic (exact) mass is 487 g/mol. The summed E-state index contributed by atoms with van der Waals surface area (Å²) in [5, 5.41) is 12.6. The molecule has 1 unspecified atom stereocenters. The smallest absolute Gasteiger partial charge is 0.237 e. The molecular weight excluding hydrogens is 462 g/mol. The number of hydrogen-bond donors (Lipinski definition) is 1. The fourth-order valence-electron chi connectivity index (χ4n) is 3.49. The van der Waals surface area contributed by atoms with Crippen LogP contribution in [0, 0.1) is 0 Å². The number of morpholine rings is 1. The third-order valence-electron chi connectivity index (χ3n) is 5.25. The zero-order chi connectivity index (χ0) is 23.2. The van der Waals surface area contributed by atoms with E-state index in [0.717, 1.165) is 24.6 Å². The number of benzene rings is 2. The number of carbonyl (C=O) groups is 1. The number of hydrogen-bond acceptors (Lipinski definition) is 7. The van der Waals surface area contributed by atoms with E-state index >= 15 is 0 Å². The van der Waals surface area contributed by atoms with E-state index in [1.54, 1.807) is 25.3 Å². The minimum atomic E-state index is -0.426. The van der Waals surface area contributed by atoms with E-state index in [4.69, 9.17) is 21.1 Å². The van der Waals surface area contributed by atoms with E-state index in [-0.39, 0.29) is 5.91 Å². The van der Waals surface area contributed by atoms with Crippen molar-refractivity contribution < 1.29 is 14.3 Å². The van der Waals surface area contributed by atoms with Gasteiger partial charge in [-0.2, -0.15) is 0 Å². The molecule has 0 saturated carbocycles. The molecule has 0 bridgehead atoms. The van der Waals surface area contributed by atoms with E-state index in [2.05, 4.69) is 37.1 Å². The van der Waals surface area contributed by atoms with Gasteiger partial charge in [-0.3, -0.25) is 9.36 Å². The number of thioether (sulfide) groups is 1. The molecule has 2 heterocycles. The molecule has 0 radical (unpaired) electrons. The lowest BCUT2D eigenvalue weighted by Crippen LogP contribution is -2.38. The van der Waals surface area contributed by atoms with Crippen LogP contribution in [0.15, 0.2) is 53.7 Å². The molecule has 1 aromatic heterocycles. The van der Waals surface area contributed by atoms with Crippen LogP contribution in [0.4, 0.5) is 11.6 Å². The molecule has 33 heavy (non-hydrogen) atoms. The van der Waals surface area contributed by atoms with Gasteiger partial charge in [-0.05, 0) is 30.7 Å². The number of nitrogens with one attached hydrogen (secondary N) is 1. The molecule has 3 aromatic rings. The number of halogens is 1. The maximum atomic E-state index is 13.0. The summed E-state index contributed by atoms with van der Waals surface area (Å²) in [6.07, 6.45) is 0. The van der Waals surface area contributed by atoms with E-state index < -0.39 is 5.25 Å². The van der Waals surface area contributed by atoms with Crippen LogP contribution in [0.25, 0.3) is 0 Å². The molecule has 1 aliphatic heterocycles. The Labute approximate surface area is 202 Å². The quantitative estimate of drug-likeness (QED) is 0.482. The normalized spacial score (nSPS) is 14.7. The summed E-state index contributed by atoms with van der Waals surface area (Å²) in [7, 11) is 1.55. The van der Waals surface area contributed by atoms with Gasteiger partial charge >= 0.3 is 0 Å². The number of rotatable bonds is 8. The molecule has 8 nitrogen and oxygen atoms in total. The Bertz CT molecular complexity index is 1090. The first-order valence-electron chi connectivity index (χ1n) is 10.7. The number of amides is 1. The topological polar surface area (TPSA) is 81.5 Å². The van der Waals surface area contributed by atoms with Crippen molar-refractivity contribution in [1.82, 2.24) is 14.8 Å². The van der Waals surface area contributed by atoms with Crippen molar-refractivity contribution in [2.24, 2.45) is 0 Å². The summed E-state index contributed by atoms with van der Waals surface area (Å²) >= 11 is 7.46. The van der Waals surface area contributed by atoms with Crippen LogP contribution in [0.1, 0.15) is 12.5 Å². The summed E-state index contributed by atoms with van der Waals surface area (Å²) < 4.78 is 12.9. The fraction of sp³-hybridized carbons (Fsp3) is 0.348. The standard InChI is InChI=1S/C23H26ClN5O3S/c1-16(21(30)25-19-14-18(24)8-9-20(19)31-2)33-23-27-26-22(28-10-12-32-13-11-28)29(23)15-17-6-4-3-5-7-17/h3-9,14,16H,10-13,15H2,1-2H3,(H,25,30). The molecule has 10 heteroatoms. The average Bonchev–Trinajstić information content (AvgIpc) is 3.22. The van der Waals surface area contributed by atoms with Crippen LogP contribution in [-0.2, 0) is 16.1 Å². The van der Waals surface area contributed by atoms with Crippen LogP contribution in [-0.4, -0.2) is 59.3 Å². The molecule has 0 aliphatic carbocycles. The van der Waals surface area contributed by atoms with Crippen molar-refractivity contribution in [2.75, 3.05) is 43.6 Å². The van der Waals surface area contributed by atoms with Crippen LogP contribution in [0.3, 0.4) is 0 Å². The van der Waals surface area contributed by atoms with Gasteiger partial charge in [-0.25, -0.2) is 0 Å². The van der Waals surface area contributed by atoms with E-state index in [1.807, 2.05) is 25.1 Å². The van der Waals surface area contributed by atoms with E-state index in [0.29, 0.717) is 41.4 Å². The third-order valence-corrected chi connectivity index (χ3v) is 6.56. The van der Waals surface area contributed by atoms with E-state index in [9.17, 15) is 4.79 Å². The van der Waals surface area contributed by atoms with Crippen molar-refractivity contribution in [2.45, 2.75) is 23.9 Å². The summed E-state index contributed by atoms with van der Waals surface area (Å²) in [4.78, 5) is 15.1. The SMILES string of the molecule is COc1ccc(Cl)cc1NC(=O)C(C)Sc1nnc(N2CCOCC2)n1Cc1ccccc1. The molecule has 1 N–H and O–H groups in total. The Balaban J connectivity index is 1.54. The highest BCUT2D eigenvalue weighted by Crippen LogP contribution is 2.31. The van der Waals surface area contributed by atoms with Crippen molar-refractivity contribution >= 4 is 40.9 Å². The summed E-state index contributed by atoms with van der Waals surface area (Å²) in [6.45, 7) is 5.26. The Hall–Kier alpha value is -2.75. The summed E-state index contributed by atoms with van der Waals surface area (Å²) in [6, 6.07) is 15.3. The van der Waals surface area contributed by atoms with E-state index in [1.165, 1.54) is 11.8 Å². The second-order valence-corrected chi connectivity index (χ2v) is 9.29. The molecule has 0 spiro atoms. The van der Waals surface area contributed by atoms with Crippen LogP contribution >= 0.6 is 23.4 Å². The summed E-state index contributed by atoms with van der Waals surface area (Å²) in [5.41, 5.74) is 1.66. The predicted octanol–water partition coefficient (Wildman–Crippen LogP) is 3.94. The van der Waals surface area contributed by atoms with Crippen molar-refractivity contribution in [1.29, 1.82) is 0 Å². The largest absolute Gasteiger partial charge is 0.495 e. The first-order chi connectivity index (χ1) is 16.0. The zero-order valence-electron chi connectivity index (χ0n) is 18.5. The molecule has 174 valence electrons. The highest BCUT2D eigenvalue weighted by molar-refractivity contribution is 8.00. The number of aromatic nitrogens is 3. The number of ether oxygens (including phenoxy) is 2. The lowest BCUT2D eigenvalue weighted by atomic mass is 10.2. The van der Waals surface area contributed by atoms with Gasteiger partial charge in [0.1, 0.15) is 5.75 Å². The maximum Gasteiger partial charge on any atom is 0.237 e. The molecule has 1 saturated heterocycles. The van der Waals surface area contributed by atoms with Gasteiger partial charge in [0.25, 0.3) is 0 Å². The second kappa shape index (κ2) is 10.9. The average molecular weight is 488 g/mol. The van der Waals surface area contributed by atoms with Gasteiger partial charge in [-0.1, -0.05) is 53.7 Å². The lowest BCUT2D eigenvalue weighted by Gasteiger charge is -2.28. The number of anilines is 2. The van der Waals surface area contributed by atoms with Gasteiger partial charge in [-0.15, -0.1) is 10.2 Å². The minimum Gasteiger partial charge on any atom is -0.495 e. The van der Waals surface area contributed by atoms with Gasteiger partial charge in [0, 0.05) is 18.1 Å².